The van der Waals surface area contributed by atoms with Crippen LogP contribution in [0.25, 0.3) is 0 Å². The number of hydrogen-bond donors (Lipinski definition) is 0. The van der Waals surface area contributed by atoms with Crippen LogP contribution in [0.5, 0.6) is 5.75 Å². The first-order chi connectivity index (χ1) is 10.2. The number of hydrogen-bond acceptors (Lipinski definition) is 4. The van der Waals surface area contributed by atoms with E-state index in [1.165, 1.54) is 6.92 Å². The third-order valence-electron chi connectivity index (χ3n) is 3.77. The average Bonchev–Trinajstić information content (AvgIpc) is 2.41. The fourth-order valence-electron chi connectivity index (χ4n) is 2.55. The first kappa shape index (κ1) is 16.5. The first-order valence-electron chi connectivity index (χ1n) is 7.53. The van der Waals surface area contributed by atoms with Crippen molar-refractivity contribution >= 4 is 17.4 Å². The maximum Gasteiger partial charge on any atom is 0.270 e. The number of fused-ring (bicyclic) bond motifs is 1. The van der Waals surface area contributed by atoms with Gasteiger partial charge >= 0.3 is 0 Å². The second-order valence-electron chi connectivity index (χ2n) is 6.46. The molecule has 1 aliphatic heterocycles. The lowest BCUT2D eigenvalue weighted by Gasteiger charge is -2.39. The van der Waals surface area contributed by atoms with Gasteiger partial charge in [-0.3, -0.25) is 9.59 Å². The Morgan fingerprint density at radius 3 is 2.59 bits per heavy atom. The van der Waals surface area contributed by atoms with Gasteiger partial charge in [0.25, 0.3) is 5.91 Å². The van der Waals surface area contributed by atoms with E-state index in [9.17, 15) is 9.59 Å². The van der Waals surface area contributed by atoms with Crippen LogP contribution in [0.3, 0.4) is 0 Å². The second kappa shape index (κ2) is 6.08. The van der Waals surface area contributed by atoms with Crippen LogP contribution in [-0.4, -0.2) is 49.4 Å². The Labute approximate surface area is 131 Å². The Morgan fingerprint density at radius 1 is 1.32 bits per heavy atom. The summed E-state index contributed by atoms with van der Waals surface area (Å²) in [5, 5.41) is 0. The lowest BCUT2D eigenvalue weighted by Crippen LogP contribution is -2.53. The average molecular weight is 304 g/mol. The summed E-state index contributed by atoms with van der Waals surface area (Å²) in [6.07, 6.45) is 0.860. The molecule has 1 heterocycles. The number of benzene rings is 1. The molecule has 0 aliphatic carbocycles. The number of anilines is 1. The lowest BCUT2D eigenvalue weighted by molar-refractivity contribution is -0.132. The molecule has 1 aromatic carbocycles. The maximum atomic E-state index is 12.7. The van der Waals surface area contributed by atoms with Crippen LogP contribution in [0, 0.1) is 0 Å². The van der Waals surface area contributed by atoms with Gasteiger partial charge in [-0.15, -0.1) is 0 Å². The van der Waals surface area contributed by atoms with Crippen molar-refractivity contribution in [1.29, 1.82) is 0 Å². The van der Waals surface area contributed by atoms with E-state index in [-0.39, 0.29) is 11.7 Å². The molecular formula is C17H24N2O3. The molecule has 0 fully saturated rings. The molecule has 2 rings (SSSR count). The summed E-state index contributed by atoms with van der Waals surface area (Å²) in [4.78, 5) is 28.1. The molecule has 1 amide bonds. The Bertz CT molecular complexity index is 594. The summed E-state index contributed by atoms with van der Waals surface area (Å²) in [5.41, 5.74) is 0.395. The molecule has 22 heavy (non-hydrogen) atoms. The van der Waals surface area contributed by atoms with E-state index in [1.807, 2.05) is 14.1 Å². The third kappa shape index (κ3) is 3.30. The monoisotopic (exact) mass is 304 g/mol. The highest BCUT2D eigenvalue weighted by Gasteiger charge is 2.40. The number of rotatable bonds is 5. The van der Waals surface area contributed by atoms with E-state index in [0.717, 1.165) is 13.0 Å². The maximum absolute atomic E-state index is 12.7. The molecule has 5 heteroatoms. The van der Waals surface area contributed by atoms with Crippen molar-refractivity contribution in [3.05, 3.63) is 23.8 Å². The van der Waals surface area contributed by atoms with Crippen LogP contribution in [0.15, 0.2) is 18.2 Å². The van der Waals surface area contributed by atoms with Crippen molar-refractivity contribution in [2.24, 2.45) is 0 Å². The number of carbonyl (C=O) groups is 2. The summed E-state index contributed by atoms with van der Waals surface area (Å²) in [7, 11) is 4.01. The molecule has 1 aliphatic rings. The Morgan fingerprint density at radius 2 is 2.00 bits per heavy atom. The van der Waals surface area contributed by atoms with E-state index >= 15 is 0 Å². The quantitative estimate of drug-likeness (QED) is 0.784. The first-order valence-corrected chi connectivity index (χ1v) is 7.53. The van der Waals surface area contributed by atoms with Gasteiger partial charge in [-0.05, 0) is 66.0 Å². The second-order valence-corrected chi connectivity index (χ2v) is 6.46. The van der Waals surface area contributed by atoms with Crippen molar-refractivity contribution in [2.75, 3.05) is 32.1 Å². The van der Waals surface area contributed by atoms with E-state index in [0.29, 0.717) is 23.5 Å². The zero-order valence-corrected chi connectivity index (χ0v) is 14.0. The molecule has 120 valence electrons. The molecule has 0 atom stereocenters. The molecule has 0 unspecified atom stereocenters. The Kier molecular flexibility index (Phi) is 4.56. The molecule has 1 aromatic rings. The van der Waals surface area contributed by atoms with Crippen molar-refractivity contribution in [2.45, 2.75) is 32.8 Å². The van der Waals surface area contributed by atoms with Gasteiger partial charge in [0.15, 0.2) is 11.4 Å². The molecule has 0 radical (unpaired) electrons. The van der Waals surface area contributed by atoms with Crippen molar-refractivity contribution in [1.82, 2.24) is 4.90 Å². The third-order valence-corrected chi connectivity index (χ3v) is 3.77. The van der Waals surface area contributed by atoms with Gasteiger partial charge in [0.2, 0.25) is 0 Å². The largest absolute Gasteiger partial charge is 0.476 e. The fraction of sp³-hybridized carbons (Fsp3) is 0.529. The van der Waals surface area contributed by atoms with Crippen molar-refractivity contribution in [3.8, 4) is 5.75 Å². The number of ether oxygens (including phenoxy) is 1. The standard InChI is InChI=1S/C17H24N2O3/c1-12(20)13-7-8-15-14(11-13)19(10-6-9-18(4)5)16(21)17(2,3)22-15/h7-8,11H,6,9-10H2,1-5H3. The fourth-order valence-corrected chi connectivity index (χ4v) is 2.55. The van der Waals surface area contributed by atoms with Gasteiger partial charge in [-0.2, -0.15) is 0 Å². The predicted molar refractivity (Wildman–Crippen MR) is 86.7 cm³/mol. The zero-order chi connectivity index (χ0) is 16.5. The Hall–Kier alpha value is -1.88. The molecule has 0 spiro atoms. The lowest BCUT2D eigenvalue weighted by atomic mass is 10.0. The molecule has 0 aromatic heterocycles. The highest BCUT2D eigenvalue weighted by molar-refractivity contribution is 6.04. The zero-order valence-electron chi connectivity index (χ0n) is 14.0. The van der Waals surface area contributed by atoms with E-state index in [1.54, 1.807) is 36.9 Å². The summed E-state index contributed by atoms with van der Waals surface area (Å²) in [6.45, 7) is 6.57. The Balaban J connectivity index is 2.35. The van der Waals surface area contributed by atoms with Crippen molar-refractivity contribution < 1.29 is 14.3 Å². The molecular weight excluding hydrogens is 280 g/mol. The van der Waals surface area contributed by atoms with Gasteiger partial charge in [-0.1, -0.05) is 0 Å². The van der Waals surface area contributed by atoms with E-state index in [2.05, 4.69) is 4.90 Å². The van der Waals surface area contributed by atoms with E-state index < -0.39 is 5.60 Å². The minimum atomic E-state index is -0.886. The summed E-state index contributed by atoms with van der Waals surface area (Å²) in [6, 6.07) is 5.27. The minimum Gasteiger partial charge on any atom is -0.476 e. The molecule has 0 saturated carbocycles. The number of nitrogens with zero attached hydrogens (tertiary/aromatic N) is 2. The van der Waals surface area contributed by atoms with E-state index in [4.69, 9.17) is 4.74 Å². The summed E-state index contributed by atoms with van der Waals surface area (Å²) >= 11 is 0. The topological polar surface area (TPSA) is 49.9 Å². The SMILES string of the molecule is CC(=O)c1ccc2c(c1)N(CCCN(C)C)C(=O)C(C)(C)O2. The van der Waals surface area contributed by atoms with Crippen LogP contribution in [0.4, 0.5) is 5.69 Å². The highest BCUT2D eigenvalue weighted by Crippen LogP contribution is 2.38. The number of carbonyl (C=O) groups excluding carboxylic acids is 2. The van der Waals surface area contributed by atoms with Crippen LogP contribution >= 0.6 is 0 Å². The van der Waals surface area contributed by atoms with Crippen molar-refractivity contribution in [3.63, 3.8) is 0 Å². The van der Waals surface area contributed by atoms with Crippen LogP contribution in [0.2, 0.25) is 0 Å². The number of amides is 1. The number of Topliss-reactive ketones (excluding diaryl/α,β-unsaturated/α-hetero) is 1. The van der Waals surface area contributed by atoms with Crippen LogP contribution in [0.1, 0.15) is 37.6 Å². The van der Waals surface area contributed by atoms with Gasteiger partial charge < -0.3 is 14.5 Å². The normalized spacial score (nSPS) is 16.5. The van der Waals surface area contributed by atoms with Gasteiger partial charge in [0, 0.05) is 12.1 Å². The summed E-state index contributed by atoms with van der Waals surface area (Å²) < 4.78 is 5.81. The highest BCUT2D eigenvalue weighted by atomic mass is 16.5. The van der Waals surface area contributed by atoms with Crippen LogP contribution < -0.4 is 9.64 Å². The predicted octanol–water partition coefficient (Wildman–Crippen LogP) is 2.34. The molecule has 0 saturated heterocycles. The summed E-state index contributed by atoms with van der Waals surface area (Å²) in [5.74, 6) is 0.562. The molecule has 0 bridgehead atoms. The van der Waals surface area contributed by atoms with Crippen LogP contribution in [-0.2, 0) is 4.79 Å². The minimum absolute atomic E-state index is 0.0201. The van der Waals surface area contributed by atoms with Gasteiger partial charge in [0.1, 0.15) is 5.75 Å². The number of ketones is 1. The van der Waals surface area contributed by atoms with Gasteiger partial charge in [0.05, 0.1) is 5.69 Å². The molecule has 0 N–H and O–H groups in total. The molecule has 5 nitrogen and oxygen atoms in total. The van der Waals surface area contributed by atoms with Gasteiger partial charge in [-0.25, -0.2) is 0 Å². The smallest absolute Gasteiger partial charge is 0.270 e.